The number of nitrogens with zero attached hydrogens (tertiary/aromatic N) is 2. The summed E-state index contributed by atoms with van der Waals surface area (Å²) in [6, 6.07) is 10.3. The van der Waals surface area contributed by atoms with Gasteiger partial charge in [0.2, 0.25) is 11.7 Å². The van der Waals surface area contributed by atoms with E-state index in [0.717, 1.165) is 0 Å². The van der Waals surface area contributed by atoms with Crippen molar-refractivity contribution < 1.29 is 14.0 Å². The summed E-state index contributed by atoms with van der Waals surface area (Å²) >= 11 is 0. The summed E-state index contributed by atoms with van der Waals surface area (Å²) in [5.41, 5.74) is 0.506. The summed E-state index contributed by atoms with van der Waals surface area (Å²) in [7, 11) is 0. The van der Waals surface area contributed by atoms with Gasteiger partial charge in [0.05, 0.1) is 6.07 Å². The molecule has 6 heteroatoms. The quantitative estimate of drug-likeness (QED) is 0.670. The zero-order valence-electron chi connectivity index (χ0n) is 11.4. The molecule has 0 unspecified atom stereocenters. The molecule has 2 aromatic rings. The maximum atomic E-state index is 12.1. The van der Waals surface area contributed by atoms with E-state index in [1.807, 2.05) is 6.92 Å². The number of benzene rings is 1. The zero-order chi connectivity index (χ0) is 15.2. The molecule has 1 atom stereocenters. The Balaban J connectivity index is 2.13. The topological polar surface area (TPSA) is 96.0 Å². The molecule has 106 valence electrons. The zero-order valence-corrected chi connectivity index (χ0v) is 11.4. The molecule has 0 saturated heterocycles. The van der Waals surface area contributed by atoms with E-state index in [0.29, 0.717) is 18.0 Å². The minimum Gasteiger partial charge on any atom is -0.448 e. The molecular weight excluding hydrogens is 270 g/mol. The number of anilines is 1. The fourth-order valence-electron chi connectivity index (χ4n) is 1.71. The normalized spacial score (nSPS) is 11.4. The second kappa shape index (κ2) is 6.48. The van der Waals surface area contributed by atoms with Gasteiger partial charge in [0, 0.05) is 12.1 Å². The summed E-state index contributed by atoms with van der Waals surface area (Å²) in [6.07, 6.45) is 1.70. The van der Waals surface area contributed by atoms with Crippen LogP contribution in [-0.4, -0.2) is 16.7 Å². The molecule has 1 aromatic carbocycles. The molecule has 0 aliphatic rings. The minimum atomic E-state index is -1.46. The Morgan fingerprint density at radius 1 is 1.38 bits per heavy atom. The van der Waals surface area contributed by atoms with Crippen molar-refractivity contribution in [3.05, 3.63) is 48.2 Å². The van der Waals surface area contributed by atoms with Gasteiger partial charge in [-0.1, -0.05) is 25.1 Å². The lowest BCUT2D eigenvalue weighted by atomic mass is 10.0. The van der Waals surface area contributed by atoms with Gasteiger partial charge in [0.15, 0.2) is 11.8 Å². The highest BCUT2D eigenvalue weighted by molar-refractivity contribution is 6.14. The highest BCUT2D eigenvalue weighted by Gasteiger charge is 2.29. The molecule has 1 heterocycles. The SMILES string of the molecule is CCc1nc(C(=O)[C@@H](C#N)C(=O)Nc2ccccc2)co1. The van der Waals surface area contributed by atoms with Crippen LogP contribution in [0.4, 0.5) is 5.69 Å². The number of Topliss-reactive ketones (excluding diaryl/α,β-unsaturated/α-hetero) is 1. The molecule has 1 amide bonds. The smallest absolute Gasteiger partial charge is 0.249 e. The number of amides is 1. The standard InChI is InChI=1S/C15H13N3O3/c1-2-13-18-12(9-21-13)14(19)11(8-16)15(20)17-10-6-4-3-5-7-10/h3-7,9,11H,2H2,1H3,(H,17,20)/t11-/m1/s1. The fraction of sp³-hybridized carbons (Fsp3) is 0.200. The summed E-state index contributed by atoms with van der Waals surface area (Å²) in [5, 5.41) is 11.6. The number of carbonyl (C=O) groups excluding carboxylic acids is 2. The first kappa shape index (κ1) is 14.5. The van der Waals surface area contributed by atoms with Crippen LogP contribution in [0.25, 0.3) is 0 Å². The van der Waals surface area contributed by atoms with Gasteiger partial charge in [0.25, 0.3) is 0 Å². The van der Waals surface area contributed by atoms with Gasteiger partial charge in [-0.3, -0.25) is 9.59 Å². The number of aryl methyl sites for hydroxylation is 1. The molecule has 1 aromatic heterocycles. The number of nitrogens with one attached hydrogen (secondary N) is 1. The van der Waals surface area contributed by atoms with E-state index in [2.05, 4.69) is 10.3 Å². The summed E-state index contributed by atoms with van der Waals surface area (Å²) < 4.78 is 5.05. The molecule has 2 rings (SSSR count). The lowest BCUT2D eigenvalue weighted by Crippen LogP contribution is -2.28. The highest BCUT2D eigenvalue weighted by Crippen LogP contribution is 2.13. The van der Waals surface area contributed by atoms with Gasteiger partial charge in [-0.05, 0) is 12.1 Å². The van der Waals surface area contributed by atoms with Crippen LogP contribution < -0.4 is 5.32 Å². The van der Waals surface area contributed by atoms with Crippen LogP contribution >= 0.6 is 0 Å². The maximum Gasteiger partial charge on any atom is 0.249 e. The third-order valence-electron chi connectivity index (χ3n) is 2.80. The van der Waals surface area contributed by atoms with Crippen molar-refractivity contribution in [2.45, 2.75) is 13.3 Å². The Hall–Kier alpha value is -2.94. The van der Waals surface area contributed by atoms with E-state index in [1.54, 1.807) is 36.4 Å². The molecular formula is C15H13N3O3. The Labute approximate surface area is 121 Å². The van der Waals surface area contributed by atoms with Crippen molar-refractivity contribution in [3.8, 4) is 6.07 Å². The van der Waals surface area contributed by atoms with E-state index in [4.69, 9.17) is 9.68 Å². The molecule has 0 bridgehead atoms. The van der Waals surface area contributed by atoms with Gasteiger partial charge >= 0.3 is 0 Å². The molecule has 0 saturated carbocycles. The second-order valence-corrected chi connectivity index (χ2v) is 4.26. The third kappa shape index (κ3) is 3.34. The predicted octanol–water partition coefficient (Wildman–Crippen LogP) is 2.20. The van der Waals surface area contributed by atoms with E-state index < -0.39 is 17.6 Å². The Kier molecular flexibility index (Phi) is 4.46. The Morgan fingerprint density at radius 3 is 2.67 bits per heavy atom. The number of aromatic nitrogens is 1. The number of hydrogen-bond donors (Lipinski definition) is 1. The summed E-state index contributed by atoms with van der Waals surface area (Å²) in [6.45, 7) is 1.82. The van der Waals surface area contributed by atoms with E-state index in [9.17, 15) is 9.59 Å². The first-order valence-corrected chi connectivity index (χ1v) is 6.39. The molecule has 6 nitrogen and oxygen atoms in total. The average Bonchev–Trinajstić information content (AvgIpc) is 2.98. The fourth-order valence-corrected chi connectivity index (χ4v) is 1.71. The average molecular weight is 283 g/mol. The summed E-state index contributed by atoms with van der Waals surface area (Å²) in [4.78, 5) is 28.1. The molecule has 21 heavy (non-hydrogen) atoms. The van der Waals surface area contributed by atoms with Gasteiger partial charge in [-0.2, -0.15) is 5.26 Å². The number of rotatable bonds is 5. The number of hydrogen-bond acceptors (Lipinski definition) is 5. The van der Waals surface area contributed by atoms with Crippen molar-refractivity contribution in [2.75, 3.05) is 5.32 Å². The van der Waals surface area contributed by atoms with E-state index >= 15 is 0 Å². The van der Waals surface area contributed by atoms with Gasteiger partial charge < -0.3 is 9.73 Å². The predicted molar refractivity (Wildman–Crippen MR) is 74.4 cm³/mol. The van der Waals surface area contributed by atoms with Crippen LogP contribution in [0.3, 0.4) is 0 Å². The first-order chi connectivity index (χ1) is 10.2. The molecule has 0 spiro atoms. The van der Waals surface area contributed by atoms with E-state index in [1.165, 1.54) is 6.26 Å². The van der Waals surface area contributed by atoms with Gasteiger partial charge in [-0.15, -0.1) is 0 Å². The monoisotopic (exact) mass is 283 g/mol. The number of nitriles is 1. The third-order valence-corrected chi connectivity index (χ3v) is 2.80. The number of para-hydroxylation sites is 1. The molecule has 0 fully saturated rings. The van der Waals surface area contributed by atoms with E-state index in [-0.39, 0.29) is 5.69 Å². The minimum absolute atomic E-state index is 0.0124. The van der Waals surface area contributed by atoms with Crippen LogP contribution in [0.15, 0.2) is 41.0 Å². The van der Waals surface area contributed by atoms with Gasteiger partial charge in [-0.25, -0.2) is 4.98 Å². The lowest BCUT2D eigenvalue weighted by molar-refractivity contribution is -0.117. The van der Waals surface area contributed by atoms with Crippen LogP contribution in [-0.2, 0) is 11.2 Å². The first-order valence-electron chi connectivity index (χ1n) is 6.39. The largest absolute Gasteiger partial charge is 0.448 e. The molecule has 0 radical (unpaired) electrons. The number of oxazole rings is 1. The van der Waals surface area contributed by atoms with Crippen molar-refractivity contribution in [2.24, 2.45) is 5.92 Å². The van der Waals surface area contributed by atoms with Crippen LogP contribution in [0.1, 0.15) is 23.3 Å². The highest BCUT2D eigenvalue weighted by atomic mass is 16.3. The van der Waals surface area contributed by atoms with Crippen molar-refractivity contribution >= 4 is 17.4 Å². The summed E-state index contributed by atoms with van der Waals surface area (Å²) in [5.74, 6) is -2.43. The van der Waals surface area contributed by atoms with Crippen molar-refractivity contribution in [3.63, 3.8) is 0 Å². The Morgan fingerprint density at radius 2 is 2.10 bits per heavy atom. The van der Waals surface area contributed by atoms with Crippen LogP contribution in [0, 0.1) is 17.2 Å². The maximum absolute atomic E-state index is 12.1. The van der Waals surface area contributed by atoms with Gasteiger partial charge in [0.1, 0.15) is 12.0 Å². The number of carbonyl (C=O) groups is 2. The lowest BCUT2D eigenvalue weighted by Gasteiger charge is -2.07. The molecule has 1 N–H and O–H groups in total. The Bertz CT molecular complexity index is 686. The second-order valence-electron chi connectivity index (χ2n) is 4.26. The van der Waals surface area contributed by atoms with Crippen LogP contribution in [0.5, 0.6) is 0 Å². The molecule has 0 aliphatic carbocycles. The van der Waals surface area contributed by atoms with Crippen LogP contribution in [0.2, 0.25) is 0 Å². The van der Waals surface area contributed by atoms with Crippen molar-refractivity contribution in [1.29, 1.82) is 5.26 Å². The van der Waals surface area contributed by atoms with Crippen molar-refractivity contribution in [1.82, 2.24) is 4.98 Å². The molecule has 0 aliphatic heterocycles. The number of ketones is 1.